The van der Waals surface area contributed by atoms with Gasteiger partial charge in [-0.25, -0.2) is 4.68 Å². The van der Waals surface area contributed by atoms with Gasteiger partial charge in [-0.1, -0.05) is 18.2 Å². The van der Waals surface area contributed by atoms with Crippen LogP contribution in [0, 0.1) is 0 Å². The van der Waals surface area contributed by atoms with Crippen LogP contribution in [0.25, 0.3) is 16.7 Å². The predicted molar refractivity (Wildman–Crippen MR) is 69.8 cm³/mol. The van der Waals surface area contributed by atoms with E-state index in [4.69, 9.17) is 9.47 Å². The molecule has 6 heteroatoms. The maximum absolute atomic E-state index is 5.23. The number of rotatable bonds is 3. The highest BCUT2D eigenvalue weighted by Crippen LogP contribution is 2.25. The first-order valence-electron chi connectivity index (χ1n) is 5.72. The fourth-order valence-electron chi connectivity index (χ4n) is 1.87. The Labute approximate surface area is 109 Å². The summed E-state index contributed by atoms with van der Waals surface area (Å²) in [5, 5.41) is 5.07. The summed E-state index contributed by atoms with van der Waals surface area (Å²) in [6.45, 7) is 0. The lowest BCUT2D eigenvalue weighted by molar-refractivity contribution is 0.356. The second-order valence-electron chi connectivity index (χ2n) is 3.85. The van der Waals surface area contributed by atoms with Crippen molar-refractivity contribution in [1.29, 1.82) is 0 Å². The molecule has 0 bridgehead atoms. The summed E-state index contributed by atoms with van der Waals surface area (Å²) in [5.74, 6) is 0.448. The van der Waals surface area contributed by atoms with Gasteiger partial charge in [0, 0.05) is 0 Å². The molecule has 0 saturated heterocycles. The summed E-state index contributed by atoms with van der Waals surface area (Å²) in [5.41, 5.74) is 1.57. The molecule has 0 N–H and O–H groups in total. The van der Waals surface area contributed by atoms with E-state index < -0.39 is 0 Å². The smallest absolute Gasteiger partial charge is 0.321 e. The average Bonchev–Trinajstić information content (AvgIpc) is 2.90. The molecule has 0 saturated carbocycles. The molecule has 0 fully saturated rings. The molecule has 0 aliphatic carbocycles. The monoisotopic (exact) mass is 256 g/mol. The van der Waals surface area contributed by atoms with Gasteiger partial charge < -0.3 is 9.47 Å². The molecule has 0 aliphatic rings. The third-order valence-electron chi connectivity index (χ3n) is 2.75. The summed E-state index contributed by atoms with van der Waals surface area (Å²) in [6.07, 6.45) is 1.68. The SMILES string of the molecule is COc1nc(OC)c2cnn(-c3ccccc3)c2n1. The molecular formula is C13H12N4O2. The van der Waals surface area contributed by atoms with Crippen LogP contribution in [-0.2, 0) is 0 Å². The second-order valence-corrected chi connectivity index (χ2v) is 3.85. The van der Waals surface area contributed by atoms with Crippen molar-refractivity contribution in [3.8, 4) is 17.6 Å². The van der Waals surface area contributed by atoms with E-state index in [2.05, 4.69) is 15.1 Å². The normalized spacial score (nSPS) is 10.6. The molecule has 2 aromatic heterocycles. The van der Waals surface area contributed by atoms with Crippen LogP contribution in [0.1, 0.15) is 0 Å². The summed E-state index contributed by atoms with van der Waals surface area (Å²) in [7, 11) is 3.07. The Morgan fingerprint density at radius 2 is 1.79 bits per heavy atom. The Bertz CT molecular complexity index is 709. The molecule has 1 aromatic carbocycles. The quantitative estimate of drug-likeness (QED) is 0.715. The molecule has 0 unspecified atom stereocenters. The standard InChI is InChI=1S/C13H12N4O2/c1-18-12-10-8-14-17(9-6-4-3-5-7-9)11(10)15-13(16-12)19-2/h3-8H,1-2H3. The molecular weight excluding hydrogens is 244 g/mol. The van der Waals surface area contributed by atoms with E-state index in [1.54, 1.807) is 18.0 Å². The predicted octanol–water partition coefficient (Wildman–Crippen LogP) is 1.83. The molecule has 0 amide bonds. The first-order chi connectivity index (χ1) is 9.33. The van der Waals surface area contributed by atoms with Crippen molar-refractivity contribution in [1.82, 2.24) is 19.7 Å². The van der Waals surface area contributed by atoms with Crippen LogP contribution in [0.5, 0.6) is 11.9 Å². The Morgan fingerprint density at radius 1 is 1.00 bits per heavy atom. The highest BCUT2D eigenvalue weighted by molar-refractivity contribution is 5.81. The molecule has 0 atom stereocenters. The van der Waals surface area contributed by atoms with Gasteiger partial charge in [0.15, 0.2) is 5.65 Å². The molecule has 0 aliphatic heterocycles. The van der Waals surface area contributed by atoms with Gasteiger partial charge in [-0.05, 0) is 12.1 Å². The Balaban J connectivity index is 2.27. The van der Waals surface area contributed by atoms with Crippen molar-refractivity contribution in [3.05, 3.63) is 36.5 Å². The maximum atomic E-state index is 5.23. The summed E-state index contributed by atoms with van der Waals surface area (Å²) in [4.78, 5) is 8.46. The van der Waals surface area contributed by atoms with Crippen molar-refractivity contribution in [2.24, 2.45) is 0 Å². The second kappa shape index (κ2) is 4.56. The van der Waals surface area contributed by atoms with Crippen LogP contribution in [0.15, 0.2) is 36.5 Å². The van der Waals surface area contributed by atoms with E-state index in [1.807, 2.05) is 30.3 Å². The highest BCUT2D eigenvalue weighted by Gasteiger charge is 2.14. The van der Waals surface area contributed by atoms with Gasteiger partial charge in [0.2, 0.25) is 5.88 Å². The number of fused-ring (bicyclic) bond motifs is 1. The first kappa shape index (κ1) is 11.5. The topological polar surface area (TPSA) is 62.1 Å². The number of nitrogens with zero attached hydrogens (tertiary/aromatic N) is 4. The lowest BCUT2D eigenvalue weighted by atomic mass is 10.3. The third kappa shape index (κ3) is 1.87. The summed E-state index contributed by atoms with van der Waals surface area (Å²) < 4.78 is 12.0. The van der Waals surface area contributed by atoms with E-state index in [1.165, 1.54) is 7.11 Å². The number of hydrogen-bond acceptors (Lipinski definition) is 5. The number of aromatic nitrogens is 4. The Kier molecular flexibility index (Phi) is 2.75. The molecule has 19 heavy (non-hydrogen) atoms. The lowest BCUT2D eigenvalue weighted by Crippen LogP contribution is -2.00. The minimum Gasteiger partial charge on any atom is -0.480 e. The van der Waals surface area contributed by atoms with Gasteiger partial charge in [-0.3, -0.25) is 0 Å². The zero-order valence-corrected chi connectivity index (χ0v) is 10.6. The van der Waals surface area contributed by atoms with Crippen LogP contribution in [0.4, 0.5) is 0 Å². The molecule has 0 radical (unpaired) electrons. The fourth-order valence-corrected chi connectivity index (χ4v) is 1.87. The van der Waals surface area contributed by atoms with Crippen LogP contribution in [0.2, 0.25) is 0 Å². The van der Waals surface area contributed by atoms with Gasteiger partial charge in [0.25, 0.3) is 0 Å². The number of ether oxygens (including phenoxy) is 2. The van der Waals surface area contributed by atoms with E-state index in [-0.39, 0.29) is 6.01 Å². The molecule has 3 rings (SSSR count). The summed E-state index contributed by atoms with van der Waals surface area (Å²) >= 11 is 0. The summed E-state index contributed by atoms with van der Waals surface area (Å²) in [6, 6.07) is 9.99. The Morgan fingerprint density at radius 3 is 2.47 bits per heavy atom. The van der Waals surface area contributed by atoms with Gasteiger partial charge in [0.05, 0.1) is 26.1 Å². The van der Waals surface area contributed by atoms with Crippen LogP contribution < -0.4 is 9.47 Å². The molecule has 96 valence electrons. The Hall–Kier alpha value is -2.63. The van der Waals surface area contributed by atoms with Gasteiger partial charge in [-0.15, -0.1) is 0 Å². The largest absolute Gasteiger partial charge is 0.480 e. The number of para-hydroxylation sites is 1. The van der Waals surface area contributed by atoms with Crippen molar-refractivity contribution in [2.75, 3.05) is 14.2 Å². The zero-order chi connectivity index (χ0) is 13.2. The minimum atomic E-state index is 0.252. The number of benzene rings is 1. The highest BCUT2D eigenvalue weighted by atomic mass is 16.5. The molecule has 0 spiro atoms. The van der Waals surface area contributed by atoms with Crippen molar-refractivity contribution in [3.63, 3.8) is 0 Å². The lowest BCUT2D eigenvalue weighted by Gasteiger charge is -2.05. The van der Waals surface area contributed by atoms with Crippen LogP contribution in [0.3, 0.4) is 0 Å². The van der Waals surface area contributed by atoms with Crippen molar-refractivity contribution in [2.45, 2.75) is 0 Å². The molecule has 3 aromatic rings. The van der Waals surface area contributed by atoms with E-state index >= 15 is 0 Å². The van der Waals surface area contributed by atoms with Crippen molar-refractivity contribution >= 4 is 11.0 Å². The van der Waals surface area contributed by atoms with Gasteiger partial charge in [-0.2, -0.15) is 15.1 Å². The number of methoxy groups -OCH3 is 2. The molecule has 2 heterocycles. The maximum Gasteiger partial charge on any atom is 0.321 e. The average molecular weight is 256 g/mol. The van der Waals surface area contributed by atoms with Gasteiger partial charge in [0.1, 0.15) is 5.39 Å². The van der Waals surface area contributed by atoms with E-state index in [0.717, 1.165) is 11.1 Å². The van der Waals surface area contributed by atoms with E-state index in [9.17, 15) is 0 Å². The van der Waals surface area contributed by atoms with Crippen LogP contribution in [-0.4, -0.2) is 34.0 Å². The molecule has 6 nitrogen and oxygen atoms in total. The minimum absolute atomic E-state index is 0.252. The van der Waals surface area contributed by atoms with Gasteiger partial charge >= 0.3 is 6.01 Å². The number of hydrogen-bond donors (Lipinski definition) is 0. The first-order valence-corrected chi connectivity index (χ1v) is 5.72. The van der Waals surface area contributed by atoms with Crippen molar-refractivity contribution < 1.29 is 9.47 Å². The third-order valence-corrected chi connectivity index (χ3v) is 2.75. The van der Waals surface area contributed by atoms with E-state index in [0.29, 0.717) is 11.5 Å². The van der Waals surface area contributed by atoms with Crippen LogP contribution >= 0.6 is 0 Å². The zero-order valence-electron chi connectivity index (χ0n) is 10.6. The fraction of sp³-hybridized carbons (Fsp3) is 0.154.